The van der Waals surface area contributed by atoms with Crippen molar-refractivity contribution in [2.45, 2.75) is 25.5 Å². The molecule has 0 saturated heterocycles. The molecular formula is C19H18FNO5. The lowest BCUT2D eigenvalue weighted by Gasteiger charge is -2.14. The van der Waals surface area contributed by atoms with Crippen LogP contribution in [0.5, 0.6) is 0 Å². The van der Waals surface area contributed by atoms with Gasteiger partial charge in [-0.1, -0.05) is 42.5 Å². The number of benzene rings is 2. The predicted octanol–water partition coefficient (Wildman–Crippen LogP) is 2.07. The monoisotopic (exact) mass is 359 g/mol. The maximum atomic E-state index is 12.8. The molecule has 0 aliphatic carbocycles. The Kier molecular flexibility index (Phi) is 6.84. The molecule has 0 fully saturated rings. The highest BCUT2D eigenvalue weighted by Gasteiger charge is 2.24. The summed E-state index contributed by atoms with van der Waals surface area (Å²) in [5.74, 6) is -3.09. The fourth-order valence-electron chi connectivity index (χ4n) is 2.20. The van der Waals surface area contributed by atoms with E-state index in [1.807, 2.05) is 6.07 Å². The quantitative estimate of drug-likeness (QED) is 0.704. The molecule has 7 heteroatoms. The van der Waals surface area contributed by atoms with E-state index in [1.54, 1.807) is 24.3 Å². The minimum atomic E-state index is -1.40. The molecule has 2 aromatic rings. The molecule has 0 radical (unpaired) electrons. The van der Waals surface area contributed by atoms with Crippen LogP contribution in [0.2, 0.25) is 0 Å². The SMILES string of the molecule is O=C(Cc1ccc(F)cc1)N[C@H](CC(=O)OCc1ccccc1)C(=O)O. The van der Waals surface area contributed by atoms with Crippen LogP contribution in [-0.2, 0) is 32.1 Å². The van der Waals surface area contributed by atoms with E-state index in [1.165, 1.54) is 24.3 Å². The summed E-state index contributed by atoms with van der Waals surface area (Å²) in [6.07, 6.45) is -0.611. The van der Waals surface area contributed by atoms with Gasteiger partial charge in [-0.3, -0.25) is 9.59 Å². The number of carbonyl (C=O) groups is 3. The summed E-state index contributed by atoms with van der Waals surface area (Å²) in [6.45, 7) is 0.0234. The van der Waals surface area contributed by atoms with Crippen molar-refractivity contribution in [1.82, 2.24) is 5.32 Å². The van der Waals surface area contributed by atoms with E-state index in [2.05, 4.69) is 5.32 Å². The molecule has 2 rings (SSSR count). The summed E-state index contributed by atoms with van der Waals surface area (Å²) in [5, 5.41) is 11.5. The Morgan fingerprint density at radius 1 is 1.00 bits per heavy atom. The molecule has 0 aliphatic heterocycles. The molecule has 136 valence electrons. The van der Waals surface area contributed by atoms with Crippen LogP contribution in [0.3, 0.4) is 0 Å². The zero-order valence-electron chi connectivity index (χ0n) is 13.9. The Balaban J connectivity index is 1.85. The Morgan fingerprint density at radius 2 is 1.65 bits per heavy atom. The third-order valence-electron chi connectivity index (χ3n) is 3.52. The Hall–Kier alpha value is -3.22. The van der Waals surface area contributed by atoms with Crippen LogP contribution in [0.25, 0.3) is 0 Å². The molecule has 0 aliphatic rings. The number of carboxylic acid groups (broad SMARTS) is 1. The molecule has 0 spiro atoms. The van der Waals surface area contributed by atoms with Crippen LogP contribution in [0, 0.1) is 5.82 Å². The van der Waals surface area contributed by atoms with Gasteiger partial charge in [0.05, 0.1) is 12.8 Å². The topological polar surface area (TPSA) is 92.7 Å². The lowest BCUT2D eigenvalue weighted by atomic mass is 10.1. The number of halogens is 1. The summed E-state index contributed by atoms with van der Waals surface area (Å²) in [7, 11) is 0. The average molecular weight is 359 g/mol. The van der Waals surface area contributed by atoms with Crippen molar-refractivity contribution >= 4 is 17.8 Å². The number of aliphatic carboxylic acids is 1. The van der Waals surface area contributed by atoms with E-state index >= 15 is 0 Å². The molecule has 0 unspecified atom stereocenters. The zero-order chi connectivity index (χ0) is 18.9. The highest BCUT2D eigenvalue weighted by molar-refractivity contribution is 5.88. The second-order valence-electron chi connectivity index (χ2n) is 5.61. The number of amides is 1. The molecular weight excluding hydrogens is 341 g/mol. The lowest BCUT2D eigenvalue weighted by molar-refractivity contribution is -0.151. The molecule has 6 nitrogen and oxygen atoms in total. The molecule has 1 amide bonds. The Bertz CT molecular complexity index is 761. The molecule has 0 aromatic heterocycles. The van der Waals surface area contributed by atoms with Gasteiger partial charge >= 0.3 is 11.9 Å². The molecule has 1 atom stereocenters. The summed E-state index contributed by atoms with van der Waals surface area (Å²) in [5.41, 5.74) is 1.30. The number of nitrogens with one attached hydrogen (secondary N) is 1. The molecule has 0 bridgehead atoms. The van der Waals surface area contributed by atoms with Crippen LogP contribution in [0.4, 0.5) is 4.39 Å². The van der Waals surface area contributed by atoms with Crippen molar-refractivity contribution < 1.29 is 28.6 Å². The second-order valence-corrected chi connectivity index (χ2v) is 5.61. The number of hydrogen-bond donors (Lipinski definition) is 2. The van der Waals surface area contributed by atoms with Crippen LogP contribution in [0.15, 0.2) is 54.6 Å². The number of ether oxygens (including phenoxy) is 1. The zero-order valence-corrected chi connectivity index (χ0v) is 13.9. The van der Waals surface area contributed by atoms with Crippen molar-refractivity contribution in [1.29, 1.82) is 0 Å². The fraction of sp³-hybridized carbons (Fsp3) is 0.211. The first-order valence-electron chi connectivity index (χ1n) is 7.90. The largest absolute Gasteiger partial charge is 0.480 e. The van der Waals surface area contributed by atoms with E-state index < -0.39 is 36.1 Å². The number of carboxylic acids is 1. The van der Waals surface area contributed by atoms with E-state index in [-0.39, 0.29) is 13.0 Å². The van der Waals surface area contributed by atoms with Gasteiger partial charge < -0.3 is 15.2 Å². The minimum Gasteiger partial charge on any atom is -0.480 e. The Labute approximate surface area is 149 Å². The molecule has 0 heterocycles. The summed E-state index contributed by atoms with van der Waals surface area (Å²) in [6, 6.07) is 12.8. The van der Waals surface area contributed by atoms with Gasteiger partial charge in [0.1, 0.15) is 18.5 Å². The minimum absolute atomic E-state index is 0.0234. The molecule has 2 N–H and O–H groups in total. The van der Waals surface area contributed by atoms with Crippen molar-refractivity contribution in [3.63, 3.8) is 0 Å². The van der Waals surface area contributed by atoms with Crippen LogP contribution in [0.1, 0.15) is 17.5 Å². The first-order valence-corrected chi connectivity index (χ1v) is 7.90. The van der Waals surface area contributed by atoms with Crippen LogP contribution >= 0.6 is 0 Å². The van der Waals surface area contributed by atoms with Crippen molar-refractivity contribution in [2.24, 2.45) is 0 Å². The van der Waals surface area contributed by atoms with Gasteiger partial charge in [-0.15, -0.1) is 0 Å². The third-order valence-corrected chi connectivity index (χ3v) is 3.52. The van der Waals surface area contributed by atoms with E-state index in [4.69, 9.17) is 4.74 Å². The molecule has 26 heavy (non-hydrogen) atoms. The standard InChI is InChI=1S/C19H18FNO5/c20-15-8-6-13(7-9-15)10-17(22)21-16(19(24)25)11-18(23)26-12-14-4-2-1-3-5-14/h1-9,16H,10-12H2,(H,21,22)(H,24,25)/t16-/m1/s1. The maximum Gasteiger partial charge on any atom is 0.326 e. The second kappa shape index (κ2) is 9.31. The maximum absolute atomic E-state index is 12.8. The number of esters is 1. The highest BCUT2D eigenvalue weighted by Crippen LogP contribution is 2.06. The normalized spacial score (nSPS) is 11.4. The van der Waals surface area contributed by atoms with Gasteiger partial charge in [0.2, 0.25) is 5.91 Å². The van der Waals surface area contributed by atoms with Gasteiger partial charge in [-0.25, -0.2) is 9.18 Å². The number of carbonyl (C=O) groups excluding carboxylic acids is 2. The van der Waals surface area contributed by atoms with Gasteiger partial charge in [0.15, 0.2) is 0 Å². The van der Waals surface area contributed by atoms with Gasteiger partial charge in [-0.05, 0) is 23.3 Å². The van der Waals surface area contributed by atoms with Crippen LogP contribution < -0.4 is 5.32 Å². The van der Waals surface area contributed by atoms with Crippen molar-refractivity contribution in [3.8, 4) is 0 Å². The first-order chi connectivity index (χ1) is 12.4. The van der Waals surface area contributed by atoms with Gasteiger partial charge in [0.25, 0.3) is 0 Å². The molecule has 2 aromatic carbocycles. The van der Waals surface area contributed by atoms with E-state index in [9.17, 15) is 23.9 Å². The highest BCUT2D eigenvalue weighted by atomic mass is 19.1. The first kappa shape index (κ1) is 19.1. The average Bonchev–Trinajstić information content (AvgIpc) is 2.62. The summed E-state index contributed by atoms with van der Waals surface area (Å²) < 4.78 is 17.9. The fourth-order valence-corrected chi connectivity index (χ4v) is 2.20. The summed E-state index contributed by atoms with van der Waals surface area (Å²) >= 11 is 0. The lowest BCUT2D eigenvalue weighted by Crippen LogP contribution is -2.43. The van der Waals surface area contributed by atoms with Gasteiger partial charge in [-0.2, -0.15) is 0 Å². The summed E-state index contributed by atoms with van der Waals surface area (Å²) in [4.78, 5) is 35.1. The number of hydrogen-bond acceptors (Lipinski definition) is 4. The Morgan fingerprint density at radius 3 is 2.27 bits per heavy atom. The smallest absolute Gasteiger partial charge is 0.326 e. The third kappa shape index (κ3) is 6.35. The van der Waals surface area contributed by atoms with Gasteiger partial charge in [0, 0.05) is 0 Å². The van der Waals surface area contributed by atoms with E-state index in [0.29, 0.717) is 5.56 Å². The number of rotatable bonds is 8. The van der Waals surface area contributed by atoms with Crippen molar-refractivity contribution in [2.75, 3.05) is 0 Å². The molecule has 0 saturated carbocycles. The predicted molar refractivity (Wildman–Crippen MR) is 90.5 cm³/mol. The van der Waals surface area contributed by atoms with E-state index in [0.717, 1.165) is 5.56 Å². The van der Waals surface area contributed by atoms with Crippen molar-refractivity contribution in [3.05, 3.63) is 71.5 Å². The van der Waals surface area contributed by atoms with Crippen LogP contribution in [-0.4, -0.2) is 29.0 Å².